The molecular formula is C16H13ClN4O3. The number of aromatic nitrogens is 2. The van der Waals surface area contributed by atoms with E-state index in [1.807, 2.05) is 0 Å². The first-order valence-electron chi connectivity index (χ1n) is 6.94. The maximum Gasteiger partial charge on any atom is 0.413 e. The lowest BCUT2D eigenvalue weighted by Crippen LogP contribution is -2.23. The number of fused-ring (bicyclic) bond motifs is 1. The highest BCUT2D eigenvalue weighted by atomic mass is 35.5. The van der Waals surface area contributed by atoms with Crippen molar-refractivity contribution in [1.82, 2.24) is 9.55 Å². The fourth-order valence-corrected chi connectivity index (χ4v) is 2.31. The lowest BCUT2D eigenvalue weighted by atomic mass is 10.3. The fourth-order valence-electron chi connectivity index (χ4n) is 2.14. The van der Waals surface area contributed by atoms with Gasteiger partial charge in [-0.1, -0.05) is 35.9 Å². The minimum Gasteiger partial charge on any atom is -0.453 e. The third kappa shape index (κ3) is 3.02. The van der Waals surface area contributed by atoms with Gasteiger partial charge in [0.25, 0.3) is 0 Å². The van der Waals surface area contributed by atoms with Gasteiger partial charge < -0.3 is 9.47 Å². The molecule has 1 heterocycles. The van der Waals surface area contributed by atoms with E-state index in [0.29, 0.717) is 21.8 Å². The zero-order valence-electron chi connectivity index (χ0n) is 12.6. The van der Waals surface area contributed by atoms with Gasteiger partial charge in [0.15, 0.2) is 0 Å². The van der Waals surface area contributed by atoms with Crippen molar-refractivity contribution in [2.75, 3.05) is 12.4 Å². The molecule has 24 heavy (non-hydrogen) atoms. The second-order valence-electron chi connectivity index (χ2n) is 4.71. The number of anilines is 1. The van der Waals surface area contributed by atoms with Crippen molar-refractivity contribution in [3.05, 3.63) is 53.6 Å². The number of imidazole rings is 1. The highest BCUT2D eigenvalue weighted by Crippen LogP contribution is 2.25. The average Bonchev–Trinajstić information content (AvgIpc) is 2.94. The lowest BCUT2D eigenvalue weighted by molar-refractivity contribution is 0.186. The summed E-state index contributed by atoms with van der Waals surface area (Å²) in [7, 11) is 1.24. The van der Waals surface area contributed by atoms with Crippen LogP contribution >= 0.6 is 11.6 Å². The Morgan fingerprint density at radius 1 is 1.21 bits per heavy atom. The quantitative estimate of drug-likeness (QED) is 0.547. The van der Waals surface area contributed by atoms with Gasteiger partial charge in [0, 0.05) is 0 Å². The van der Waals surface area contributed by atoms with E-state index in [-0.39, 0.29) is 12.0 Å². The summed E-state index contributed by atoms with van der Waals surface area (Å²) in [6.45, 7) is 0. The van der Waals surface area contributed by atoms with Gasteiger partial charge in [-0.15, -0.1) is 0 Å². The Balaban J connectivity index is 2.03. The number of carbonyl (C=O) groups is 1. The van der Waals surface area contributed by atoms with Crippen molar-refractivity contribution in [2.24, 2.45) is 0 Å². The van der Waals surface area contributed by atoms with Crippen LogP contribution in [-0.2, 0) is 4.74 Å². The van der Waals surface area contributed by atoms with Crippen LogP contribution in [0.5, 0.6) is 5.75 Å². The zero-order chi connectivity index (χ0) is 17.1. The number of hydrogen-bond acceptors (Lipinski definition) is 5. The van der Waals surface area contributed by atoms with E-state index >= 15 is 0 Å². The van der Waals surface area contributed by atoms with Gasteiger partial charge in [0.05, 0.1) is 23.2 Å². The van der Waals surface area contributed by atoms with E-state index in [9.17, 15) is 4.79 Å². The number of halogens is 1. The van der Waals surface area contributed by atoms with Crippen LogP contribution in [0.25, 0.3) is 11.0 Å². The molecule has 0 bridgehead atoms. The number of rotatable bonds is 2. The molecule has 2 aromatic carbocycles. The molecule has 122 valence electrons. The molecule has 3 rings (SSSR count). The maximum absolute atomic E-state index is 11.5. The molecule has 1 amide bonds. The highest BCUT2D eigenvalue weighted by molar-refractivity contribution is 6.32. The predicted molar refractivity (Wildman–Crippen MR) is 91.0 cm³/mol. The van der Waals surface area contributed by atoms with Crippen LogP contribution in [0.15, 0.2) is 48.5 Å². The minimum atomic E-state index is -0.697. The summed E-state index contributed by atoms with van der Waals surface area (Å²) < 4.78 is 11.5. The summed E-state index contributed by atoms with van der Waals surface area (Å²) in [5.41, 5.74) is 1.19. The van der Waals surface area contributed by atoms with Gasteiger partial charge in [-0.3, -0.25) is 10.7 Å². The molecule has 0 saturated carbocycles. The molecule has 0 aliphatic rings. The molecule has 1 aromatic heterocycles. The second kappa shape index (κ2) is 6.59. The summed E-state index contributed by atoms with van der Waals surface area (Å²) in [6, 6.07) is 13.7. The normalized spacial score (nSPS) is 10.4. The second-order valence-corrected chi connectivity index (χ2v) is 5.12. The molecular weight excluding hydrogens is 332 g/mol. The van der Waals surface area contributed by atoms with Crippen LogP contribution in [0.4, 0.5) is 10.7 Å². The molecule has 0 unspecified atom stereocenters. The van der Waals surface area contributed by atoms with E-state index in [1.165, 1.54) is 11.7 Å². The first kappa shape index (κ1) is 15.8. The Labute approximate surface area is 142 Å². The van der Waals surface area contributed by atoms with Crippen molar-refractivity contribution >= 4 is 40.7 Å². The van der Waals surface area contributed by atoms with Crippen LogP contribution in [0, 0.1) is 5.41 Å². The number of carbonyl (C=O) groups excluding carboxylic acids is 1. The summed E-state index contributed by atoms with van der Waals surface area (Å²) in [4.78, 5) is 15.8. The van der Waals surface area contributed by atoms with E-state index in [2.05, 4.69) is 15.0 Å². The fraction of sp³-hybridized carbons (Fsp3) is 0.0625. The van der Waals surface area contributed by atoms with Crippen molar-refractivity contribution in [3.8, 4) is 5.75 Å². The number of amides is 1. The number of para-hydroxylation sites is 3. The van der Waals surface area contributed by atoms with Crippen LogP contribution in [-0.4, -0.2) is 28.8 Å². The van der Waals surface area contributed by atoms with Crippen molar-refractivity contribution < 1.29 is 14.3 Å². The first-order valence-corrected chi connectivity index (χ1v) is 7.31. The van der Waals surface area contributed by atoms with Gasteiger partial charge in [0.2, 0.25) is 5.95 Å². The average molecular weight is 345 g/mol. The van der Waals surface area contributed by atoms with Crippen LogP contribution < -0.4 is 10.1 Å². The number of ether oxygens (including phenoxy) is 2. The molecule has 0 fully saturated rings. The van der Waals surface area contributed by atoms with Gasteiger partial charge in [-0.2, -0.15) is 0 Å². The Morgan fingerprint density at radius 3 is 2.67 bits per heavy atom. The monoisotopic (exact) mass is 344 g/mol. The third-order valence-electron chi connectivity index (χ3n) is 3.21. The Kier molecular flexibility index (Phi) is 4.35. The Morgan fingerprint density at radius 2 is 1.92 bits per heavy atom. The van der Waals surface area contributed by atoms with Gasteiger partial charge in [-0.25, -0.2) is 14.3 Å². The topological polar surface area (TPSA) is 89.2 Å². The largest absolute Gasteiger partial charge is 0.453 e. The van der Waals surface area contributed by atoms with Crippen molar-refractivity contribution in [1.29, 1.82) is 5.41 Å². The molecule has 0 spiro atoms. The van der Waals surface area contributed by atoms with Gasteiger partial charge in [-0.05, 0) is 24.3 Å². The predicted octanol–water partition coefficient (Wildman–Crippen LogP) is 3.73. The molecule has 8 heteroatoms. The molecule has 0 radical (unpaired) electrons. The smallest absolute Gasteiger partial charge is 0.413 e. The number of nitrogens with zero attached hydrogens (tertiary/aromatic N) is 2. The van der Waals surface area contributed by atoms with Crippen LogP contribution in [0.2, 0.25) is 5.02 Å². The van der Waals surface area contributed by atoms with Crippen molar-refractivity contribution in [2.45, 2.75) is 0 Å². The van der Waals surface area contributed by atoms with Crippen molar-refractivity contribution in [3.63, 3.8) is 0 Å². The highest BCUT2D eigenvalue weighted by Gasteiger charge is 2.18. The molecule has 0 atom stereocenters. The third-order valence-corrected chi connectivity index (χ3v) is 3.52. The maximum atomic E-state index is 11.5. The van der Waals surface area contributed by atoms with Gasteiger partial charge >= 0.3 is 12.1 Å². The lowest BCUT2D eigenvalue weighted by Gasteiger charge is -2.12. The molecule has 0 aliphatic heterocycles. The number of benzene rings is 2. The Bertz CT molecular complexity index is 923. The van der Waals surface area contributed by atoms with E-state index in [1.54, 1.807) is 48.5 Å². The number of nitrogens with one attached hydrogen (secondary N) is 2. The van der Waals surface area contributed by atoms with Gasteiger partial charge in [0.1, 0.15) is 5.75 Å². The molecule has 7 nitrogen and oxygen atoms in total. The summed E-state index contributed by atoms with van der Waals surface area (Å²) in [6.07, 6.45) is -0.697. The number of hydrogen-bond donors (Lipinski definition) is 2. The van der Waals surface area contributed by atoms with E-state index < -0.39 is 6.09 Å². The zero-order valence-corrected chi connectivity index (χ0v) is 13.4. The summed E-state index contributed by atoms with van der Waals surface area (Å²) >= 11 is 6.06. The van der Waals surface area contributed by atoms with Crippen LogP contribution in [0.1, 0.15) is 0 Å². The summed E-state index contributed by atoms with van der Waals surface area (Å²) in [5.74, 6) is 0.436. The molecule has 2 N–H and O–H groups in total. The molecule has 3 aromatic rings. The van der Waals surface area contributed by atoms with E-state index in [0.717, 1.165) is 0 Å². The Hall–Kier alpha value is -3.06. The molecule has 0 aliphatic carbocycles. The number of methoxy groups -OCH3 is 1. The first-order chi connectivity index (χ1) is 11.6. The minimum absolute atomic E-state index is 0.111. The van der Waals surface area contributed by atoms with E-state index in [4.69, 9.17) is 21.7 Å². The SMILES string of the molecule is COC(=O)Nc1nc2ccccc2n1C(=N)Oc1ccccc1Cl. The molecule has 0 saturated heterocycles. The summed E-state index contributed by atoms with van der Waals surface area (Å²) in [5, 5.41) is 11.1. The van der Waals surface area contributed by atoms with Crippen LogP contribution in [0.3, 0.4) is 0 Å². The standard InChI is InChI=1S/C16H13ClN4O3/c1-23-16(22)20-15-19-11-7-3-4-8-12(11)21(15)14(18)24-13-9-5-2-6-10(13)17/h2-9,18H,1H3,(H,19,20,22).